The fourth-order valence-electron chi connectivity index (χ4n) is 4.32. The minimum Gasteiger partial charge on any atom is -0.444 e. The standard InChI is InChI=1S/C20H30ClN5O3/c1-13-10-24(19(27)29-20(2,3)4)7-8-26(13)16-9-17(22-23-18(16)21)25-11-14-5-6-15(12-25)28-14/h9,13-15H,5-8,10-12H2,1-4H3/t13-,14?,15?/m1/s1. The highest BCUT2D eigenvalue weighted by Gasteiger charge is 2.35. The number of aromatic nitrogens is 2. The number of morpholine rings is 1. The number of hydrogen-bond acceptors (Lipinski definition) is 7. The van der Waals surface area contributed by atoms with Gasteiger partial charge in [0.25, 0.3) is 0 Å². The highest BCUT2D eigenvalue weighted by Crippen LogP contribution is 2.33. The van der Waals surface area contributed by atoms with Gasteiger partial charge >= 0.3 is 6.09 Å². The van der Waals surface area contributed by atoms with Crippen molar-refractivity contribution in [2.24, 2.45) is 0 Å². The molecule has 29 heavy (non-hydrogen) atoms. The number of carbonyl (C=O) groups is 1. The molecule has 0 saturated carbocycles. The van der Waals surface area contributed by atoms with Gasteiger partial charge < -0.3 is 24.2 Å². The summed E-state index contributed by atoms with van der Waals surface area (Å²) in [6.45, 7) is 11.2. The van der Waals surface area contributed by atoms with E-state index < -0.39 is 5.60 Å². The second-order valence-electron chi connectivity index (χ2n) is 9.21. The topological polar surface area (TPSA) is 71.0 Å². The summed E-state index contributed by atoms with van der Waals surface area (Å²) in [5.74, 6) is 0.839. The zero-order valence-electron chi connectivity index (χ0n) is 17.6. The molecule has 1 aromatic heterocycles. The molecule has 1 aromatic rings. The van der Waals surface area contributed by atoms with Crippen LogP contribution in [0.5, 0.6) is 0 Å². The van der Waals surface area contributed by atoms with Crippen LogP contribution in [0.2, 0.25) is 5.15 Å². The Kier molecular flexibility index (Phi) is 5.50. The van der Waals surface area contributed by atoms with Gasteiger partial charge in [-0.1, -0.05) is 11.6 Å². The monoisotopic (exact) mass is 423 g/mol. The van der Waals surface area contributed by atoms with E-state index in [0.717, 1.165) is 37.4 Å². The molecule has 1 amide bonds. The van der Waals surface area contributed by atoms with E-state index >= 15 is 0 Å². The Morgan fingerprint density at radius 1 is 1.17 bits per heavy atom. The lowest BCUT2D eigenvalue weighted by Crippen LogP contribution is -2.54. The zero-order chi connectivity index (χ0) is 20.8. The van der Waals surface area contributed by atoms with Gasteiger partial charge in [-0.15, -0.1) is 10.2 Å². The lowest BCUT2D eigenvalue weighted by Gasteiger charge is -2.41. The maximum Gasteiger partial charge on any atom is 0.410 e. The number of amides is 1. The summed E-state index contributed by atoms with van der Waals surface area (Å²) < 4.78 is 11.4. The molecule has 160 valence electrons. The molecule has 3 atom stereocenters. The Morgan fingerprint density at radius 3 is 2.48 bits per heavy atom. The highest BCUT2D eigenvalue weighted by atomic mass is 35.5. The largest absolute Gasteiger partial charge is 0.444 e. The van der Waals surface area contributed by atoms with E-state index in [-0.39, 0.29) is 24.3 Å². The van der Waals surface area contributed by atoms with Crippen LogP contribution in [0.15, 0.2) is 6.07 Å². The van der Waals surface area contributed by atoms with Crippen LogP contribution in [0.1, 0.15) is 40.5 Å². The lowest BCUT2D eigenvalue weighted by molar-refractivity contribution is 0.0218. The molecular weight excluding hydrogens is 394 g/mol. The average Bonchev–Trinajstić information content (AvgIpc) is 2.98. The van der Waals surface area contributed by atoms with Crippen molar-refractivity contribution in [3.8, 4) is 0 Å². The molecule has 3 aliphatic heterocycles. The van der Waals surface area contributed by atoms with Crippen LogP contribution >= 0.6 is 11.6 Å². The Labute approximate surface area is 177 Å². The summed E-state index contributed by atoms with van der Waals surface area (Å²) >= 11 is 6.43. The first-order chi connectivity index (χ1) is 13.7. The fraction of sp³-hybridized carbons (Fsp3) is 0.750. The second kappa shape index (κ2) is 7.80. The average molecular weight is 424 g/mol. The van der Waals surface area contributed by atoms with Gasteiger partial charge in [-0.3, -0.25) is 0 Å². The van der Waals surface area contributed by atoms with Gasteiger partial charge in [-0.2, -0.15) is 0 Å². The Hall–Kier alpha value is -1.80. The predicted octanol–water partition coefficient (Wildman–Crippen LogP) is 2.94. The van der Waals surface area contributed by atoms with Gasteiger partial charge in [0.05, 0.1) is 17.9 Å². The molecule has 3 aliphatic rings. The fourth-order valence-corrected chi connectivity index (χ4v) is 4.52. The van der Waals surface area contributed by atoms with Crippen molar-refractivity contribution in [3.05, 3.63) is 11.2 Å². The number of ether oxygens (including phenoxy) is 2. The maximum atomic E-state index is 12.4. The number of carbonyl (C=O) groups excluding carboxylic acids is 1. The van der Waals surface area contributed by atoms with Crippen LogP contribution in [-0.4, -0.2) is 77.8 Å². The minimum absolute atomic E-state index is 0.0895. The third-order valence-electron chi connectivity index (χ3n) is 5.67. The predicted molar refractivity (Wildman–Crippen MR) is 112 cm³/mol. The summed E-state index contributed by atoms with van der Waals surface area (Å²) in [7, 11) is 0. The number of fused-ring (bicyclic) bond motifs is 2. The molecule has 4 rings (SSSR count). The smallest absolute Gasteiger partial charge is 0.410 e. The number of rotatable bonds is 2. The first-order valence-corrected chi connectivity index (χ1v) is 10.8. The molecule has 0 aromatic carbocycles. The third-order valence-corrected chi connectivity index (χ3v) is 5.94. The van der Waals surface area contributed by atoms with E-state index in [1.54, 1.807) is 4.90 Å². The number of halogens is 1. The van der Waals surface area contributed by atoms with E-state index in [0.29, 0.717) is 24.8 Å². The van der Waals surface area contributed by atoms with Crippen molar-refractivity contribution in [1.82, 2.24) is 15.1 Å². The van der Waals surface area contributed by atoms with Crippen molar-refractivity contribution >= 4 is 29.2 Å². The Bertz CT molecular complexity index is 759. The number of anilines is 2. The van der Waals surface area contributed by atoms with Gasteiger partial charge in [-0.05, 0) is 40.5 Å². The highest BCUT2D eigenvalue weighted by molar-refractivity contribution is 6.32. The molecule has 2 unspecified atom stereocenters. The van der Waals surface area contributed by atoms with Gasteiger partial charge in [0, 0.05) is 44.8 Å². The summed E-state index contributed by atoms with van der Waals surface area (Å²) in [5.41, 5.74) is 0.370. The molecule has 3 saturated heterocycles. The van der Waals surface area contributed by atoms with Crippen molar-refractivity contribution in [2.75, 3.05) is 42.5 Å². The van der Waals surface area contributed by atoms with Crippen LogP contribution in [0, 0.1) is 0 Å². The molecule has 0 N–H and O–H groups in total. The number of hydrogen-bond donors (Lipinski definition) is 0. The van der Waals surface area contributed by atoms with Gasteiger partial charge in [0.2, 0.25) is 0 Å². The van der Waals surface area contributed by atoms with E-state index in [4.69, 9.17) is 21.1 Å². The van der Waals surface area contributed by atoms with Crippen molar-refractivity contribution in [1.29, 1.82) is 0 Å². The van der Waals surface area contributed by atoms with Crippen LogP contribution in [0.3, 0.4) is 0 Å². The lowest BCUT2D eigenvalue weighted by atomic mass is 10.1. The van der Waals surface area contributed by atoms with Crippen LogP contribution in [0.25, 0.3) is 0 Å². The SMILES string of the molecule is C[C@@H]1CN(C(=O)OC(C)(C)C)CCN1c1cc(N2CC3CCC(C2)O3)nnc1Cl. The molecule has 2 bridgehead atoms. The van der Waals surface area contributed by atoms with E-state index in [1.807, 2.05) is 26.8 Å². The van der Waals surface area contributed by atoms with Gasteiger partial charge in [-0.25, -0.2) is 4.79 Å². The molecule has 9 heteroatoms. The summed E-state index contributed by atoms with van der Waals surface area (Å²) in [6.07, 6.45) is 2.52. The van der Waals surface area contributed by atoms with Gasteiger partial charge in [0.15, 0.2) is 11.0 Å². The van der Waals surface area contributed by atoms with Crippen molar-refractivity contribution in [3.63, 3.8) is 0 Å². The molecule has 3 fully saturated rings. The molecule has 0 spiro atoms. The molecule has 0 radical (unpaired) electrons. The van der Waals surface area contributed by atoms with Crippen LogP contribution in [0.4, 0.5) is 16.3 Å². The molecule has 4 heterocycles. The quantitative estimate of drug-likeness (QED) is 0.724. The second-order valence-corrected chi connectivity index (χ2v) is 9.57. The number of piperazine rings is 1. The van der Waals surface area contributed by atoms with Crippen molar-refractivity contribution in [2.45, 2.75) is 64.4 Å². The Balaban J connectivity index is 1.46. The summed E-state index contributed by atoms with van der Waals surface area (Å²) in [4.78, 5) is 18.6. The zero-order valence-corrected chi connectivity index (χ0v) is 18.4. The van der Waals surface area contributed by atoms with Gasteiger partial charge in [0.1, 0.15) is 5.60 Å². The molecular formula is C20H30ClN5O3. The van der Waals surface area contributed by atoms with Crippen molar-refractivity contribution < 1.29 is 14.3 Å². The summed E-state index contributed by atoms with van der Waals surface area (Å²) in [5, 5.41) is 8.95. The number of nitrogens with zero attached hydrogens (tertiary/aromatic N) is 5. The van der Waals surface area contributed by atoms with Crippen LogP contribution < -0.4 is 9.80 Å². The molecule has 8 nitrogen and oxygen atoms in total. The third kappa shape index (κ3) is 4.53. The first-order valence-electron chi connectivity index (χ1n) is 10.4. The first kappa shape index (κ1) is 20.5. The summed E-state index contributed by atoms with van der Waals surface area (Å²) in [6, 6.07) is 2.12. The van der Waals surface area contributed by atoms with E-state index in [1.165, 1.54) is 0 Å². The normalized spacial score (nSPS) is 27.3. The minimum atomic E-state index is -0.498. The van der Waals surface area contributed by atoms with E-state index in [2.05, 4.69) is 26.9 Å². The maximum absolute atomic E-state index is 12.4. The van der Waals surface area contributed by atoms with Crippen LogP contribution in [-0.2, 0) is 9.47 Å². The van der Waals surface area contributed by atoms with E-state index in [9.17, 15) is 4.79 Å². The molecule has 0 aliphatic carbocycles. The Morgan fingerprint density at radius 2 is 1.86 bits per heavy atom.